The predicted octanol–water partition coefficient (Wildman–Crippen LogP) is 3.75. The maximum Gasteiger partial charge on any atom is 0.0462 e. The molecule has 0 N–H and O–H groups in total. The van der Waals surface area contributed by atoms with Crippen LogP contribution in [0.15, 0.2) is 0 Å². The molecule has 1 heteroatoms. The Kier molecular flexibility index (Phi) is 2.71. The van der Waals surface area contributed by atoms with E-state index in [1.54, 1.807) is 0 Å². The summed E-state index contributed by atoms with van der Waals surface area (Å²) in [5.74, 6) is 1.07. The Hall–Kier alpha value is -0.510. The van der Waals surface area contributed by atoms with Crippen LogP contribution in [0.4, 0.5) is 0 Å². The molecule has 0 aliphatic heterocycles. The Morgan fingerprint density at radius 3 is 2.00 bits per heavy atom. The molecule has 0 aromatic carbocycles. The smallest absolute Gasteiger partial charge is 0.0462 e. The molecule has 0 aromatic rings. The van der Waals surface area contributed by atoms with Gasteiger partial charge in [0.1, 0.15) is 0 Å². The van der Waals surface area contributed by atoms with Crippen LogP contribution in [0.2, 0.25) is 0 Å². The van der Waals surface area contributed by atoms with Gasteiger partial charge in [-0.1, -0.05) is 20.8 Å². The fourth-order valence-electron chi connectivity index (χ4n) is 2.06. The highest BCUT2D eigenvalue weighted by atomic mass is 14.5. The van der Waals surface area contributed by atoms with Gasteiger partial charge in [0.2, 0.25) is 0 Å². The third-order valence-corrected chi connectivity index (χ3v) is 3.92. The van der Waals surface area contributed by atoms with Gasteiger partial charge in [-0.05, 0) is 48.9 Å². The molecule has 0 radical (unpaired) electrons. The monoisotopic (exact) mass is 179 g/mol. The zero-order valence-corrected chi connectivity index (χ0v) is 9.14. The molecule has 2 saturated carbocycles. The van der Waals surface area contributed by atoms with Crippen molar-refractivity contribution in [3.05, 3.63) is 0 Å². The van der Waals surface area contributed by atoms with Crippen molar-refractivity contribution in [2.45, 2.75) is 52.9 Å². The largest absolute Gasteiger partial charge is 0.202 e. The standard InChI is InChI=1S/C11H20.CHN/c1-10(2)8-9(10)4-5-11(3)6-7-11;1-2/h9H,4-8H2,1-3H3;1H. The van der Waals surface area contributed by atoms with Crippen LogP contribution < -0.4 is 0 Å². The van der Waals surface area contributed by atoms with Crippen molar-refractivity contribution >= 4 is 0 Å². The van der Waals surface area contributed by atoms with E-state index in [1.165, 1.54) is 32.1 Å². The summed E-state index contributed by atoms with van der Waals surface area (Å²) in [6.07, 6.45) is 7.49. The molecule has 1 nitrogen and oxygen atoms in total. The molecule has 2 aliphatic carbocycles. The second-order valence-electron chi connectivity index (χ2n) is 5.74. The maximum atomic E-state index is 6.50. The summed E-state index contributed by atoms with van der Waals surface area (Å²) < 4.78 is 0. The van der Waals surface area contributed by atoms with Crippen molar-refractivity contribution in [1.82, 2.24) is 0 Å². The second kappa shape index (κ2) is 3.33. The first-order valence-corrected chi connectivity index (χ1v) is 5.28. The Balaban J connectivity index is 0.000000396. The van der Waals surface area contributed by atoms with E-state index in [2.05, 4.69) is 27.3 Å². The molecule has 1 atom stereocenters. The summed E-state index contributed by atoms with van der Waals surface area (Å²) in [5.41, 5.74) is 1.50. The summed E-state index contributed by atoms with van der Waals surface area (Å²) in [7, 11) is 0. The van der Waals surface area contributed by atoms with Gasteiger partial charge in [-0.2, -0.15) is 0 Å². The zero-order valence-electron chi connectivity index (χ0n) is 9.14. The van der Waals surface area contributed by atoms with Crippen LogP contribution >= 0.6 is 0 Å². The van der Waals surface area contributed by atoms with Crippen molar-refractivity contribution in [1.29, 1.82) is 5.26 Å². The summed E-state index contributed by atoms with van der Waals surface area (Å²) in [4.78, 5) is 0. The molecule has 74 valence electrons. The summed E-state index contributed by atoms with van der Waals surface area (Å²) in [5, 5.41) is 6.50. The lowest BCUT2D eigenvalue weighted by molar-refractivity contribution is 0.435. The molecule has 0 saturated heterocycles. The van der Waals surface area contributed by atoms with E-state index in [-0.39, 0.29) is 0 Å². The molecule has 2 fully saturated rings. The quantitative estimate of drug-likeness (QED) is 0.647. The average Bonchev–Trinajstić information content (AvgIpc) is 2.94. The minimum atomic E-state index is 0.714. The number of hydrogen-bond acceptors (Lipinski definition) is 1. The minimum absolute atomic E-state index is 0.714. The van der Waals surface area contributed by atoms with Gasteiger partial charge in [0.05, 0.1) is 0 Å². The van der Waals surface area contributed by atoms with E-state index >= 15 is 0 Å². The lowest BCUT2D eigenvalue weighted by Crippen LogP contribution is -1.96. The molecule has 13 heavy (non-hydrogen) atoms. The second-order valence-corrected chi connectivity index (χ2v) is 5.74. The lowest BCUT2D eigenvalue weighted by Gasteiger charge is -2.08. The van der Waals surface area contributed by atoms with E-state index < -0.39 is 0 Å². The van der Waals surface area contributed by atoms with Crippen molar-refractivity contribution in [2.75, 3.05) is 0 Å². The van der Waals surface area contributed by atoms with Gasteiger partial charge >= 0.3 is 0 Å². The first-order valence-electron chi connectivity index (χ1n) is 5.28. The van der Waals surface area contributed by atoms with Crippen LogP contribution in [0.3, 0.4) is 0 Å². The first kappa shape index (κ1) is 10.6. The molecule has 0 amide bonds. The van der Waals surface area contributed by atoms with Crippen LogP contribution in [0.5, 0.6) is 0 Å². The van der Waals surface area contributed by atoms with E-state index in [1.807, 2.05) is 0 Å². The van der Waals surface area contributed by atoms with Crippen molar-refractivity contribution in [2.24, 2.45) is 16.7 Å². The Bertz CT molecular complexity index is 198. The Morgan fingerprint density at radius 2 is 1.69 bits per heavy atom. The third kappa shape index (κ3) is 2.72. The van der Waals surface area contributed by atoms with Gasteiger partial charge in [-0.25, -0.2) is 5.26 Å². The van der Waals surface area contributed by atoms with Crippen molar-refractivity contribution in [3.63, 3.8) is 0 Å². The predicted molar refractivity (Wildman–Crippen MR) is 55.1 cm³/mol. The molecule has 0 bridgehead atoms. The Morgan fingerprint density at radius 1 is 1.23 bits per heavy atom. The van der Waals surface area contributed by atoms with Crippen LogP contribution in [-0.4, -0.2) is 0 Å². The van der Waals surface area contributed by atoms with Crippen LogP contribution in [0.25, 0.3) is 0 Å². The highest BCUT2D eigenvalue weighted by Crippen LogP contribution is 2.58. The minimum Gasteiger partial charge on any atom is -0.202 e. The highest BCUT2D eigenvalue weighted by molar-refractivity contribution is 4.97. The lowest BCUT2D eigenvalue weighted by atomic mass is 9.98. The van der Waals surface area contributed by atoms with E-state index in [0.717, 1.165) is 11.3 Å². The molecule has 2 rings (SSSR count). The zero-order chi connectivity index (χ0) is 10.1. The third-order valence-electron chi connectivity index (χ3n) is 3.92. The van der Waals surface area contributed by atoms with Gasteiger partial charge in [-0.3, -0.25) is 0 Å². The SMILES string of the molecule is C#N.CC1(CCC2CC2(C)C)CC1. The van der Waals surface area contributed by atoms with Gasteiger partial charge in [0.25, 0.3) is 0 Å². The highest BCUT2D eigenvalue weighted by Gasteiger charge is 2.47. The summed E-state index contributed by atoms with van der Waals surface area (Å²) >= 11 is 0. The molecule has 2 aliphatic rings. The maximum absolute atomic E-state index is 6.50. The molecule has 0 heterocycles. The van der Waals surface area contributed by atoms with E-state index in [4.69, 9.17) is 5.26 Å². The first-order chi connectivity index (χ1) is 6.02. The molecular formula is C12H21N. The van der Waals surface area contributed by atoms with Gasteiger partial charge in [0, 0.05) is 6.57 Å². The molecule has 0 aromatic heterocycles. The van der Waals surface area contributed by atoms with Crippen LogP contribution in [0, 0.1) is 28.6 Å². The Labute approximate surface area is 82.1 Å². The molecular weight excluding hydrogens is 158 g/mol. The van der Waals surface area contributed by atoms with Gasteiger partial charge in [-0.15, -0.1) is 0 Å². The van der Waals surface area contributed by atoms with Crippen LogP contribution in [0.1, 0.15) is 52.9 Å². The van der Waals surface area contributed by atoms with Crippen molar-refractivity contribution in [3.8, 4) is 6.57 Å². The normalized spacial score (nSPS) is 31.3. The molecule has 1 unspecified atom stereocenters. The number of hydrogen-bond donors (Lipinski definition) is 0. The van der Waals surface area contributed by atoms with Gasteiger partial charge in [0.15, 0.2) is 0 Å². The van der Waals surface area contributed by atoms with Crippen molar-refractivity contribution < 1.29 is 0 Å². The fourth-order valence-corrected chi connectivity index (χ4v) is 2.06. The number of nitrogens with zero attached hydrogens (tertiary/aromatic N) is 1. The number of nitriles is 1. The summed E-state index contributed by atoms with van der Waals surface area (Å²) in [6, 6.07) is 0. The fraction of sp³-hybridized carbons (Fsp3) is 0.917. The van der Waals surface area contributed by atoms with Gasteiger partial charge < -0.3 is 0 Å². The summed E-state index contributed by atoms with van der Waals surface area (Å²) in [6.45, 7) is 10.8. The topological polar surface area (TPSA) is 23.8 Å². The van der Waals surface area contributed by atoms with E-state index in [0.29, 0.717) is 5.41 Å². The van der Waals surface area contributed by atoms with E-state index in [9.17, 15) is 0 Å². The average molecular weight is 179 g/mol. The number of rotatable bonds is 3. The molecule has 0 spiro atoms. The van der Waals surface area contributed by atoms with Crippen LogP contribution in [-0.2, 0) is 0 Å².